The van der Waals surface area contributed by atoms with Crippen molar-refractivity contribution < 1.29 is 4.79 Å². The zero-order valence-corrected chi connectivity index (χ0v) is 15.1. The highest BCUT2D eigenvalue weighted by atomic mass is 32.1. The summed E-state index contributed by atoms with van der Waals surface area (Å²) in [4.78, 5) is 14.0. The number of carbonyl (C=O) groups excluding carboxylic acids is 1. The number of aryl methyl sites for hydroxylation is 1. The number of thiophene rings is 1. The number of benzene rings is 2. The molecule has 1 atom stereocenters. The largest absolute Gasteiger partial charge is 0.340 e. The van der Waals surface area contributed by atoms with Gasteiger partial charge in [-0.3, -0.25) is 4.79 Å². The number of hydrogen-bond acceptors (Lipinski definition) is 4. The van der Waals surface area contributed by atoms with Gasteiger partial charge in [-0.15, -0.1) is 16.4 Å². The Hall–Kier alpha value is -2.99. The van der Waals surface area contributed by atoms with E-state index in [2.05, 4.69) is 15.6 Å². The van der Waals surface area contributed by atoms with Crippen molar-refractivity contribution in [3.05, 3.63) is 82.0 Å². The van der Waals surface area contributed by atoms with Crippen LogP contribution in [0.1, 0.15) is 33.8 Å². The first-order chi connectivity index (χ1) is 12.8. The Morgan fingerprint density at radius 3 is 2.73 bits per heavy atom. The van der Waals surface area contributed by atoms with Gasteiger partial charge in [0.25, 0.3) is 5.91 Å². The second-order valence-electron chi connectivity index (χ2n) is 5.94. The maximum Gasteiger partial charge on any atom is 0.252 e. The molecule has 26 heavy (non-hydrogen) atoms. The van der Waals surface area contributed by atoms with Gasteiger partial charge in [0.2, 0.25) is 0 Å². The molecule has 2 aromatic carbocycles. The first-order valence-corrected chi connectivity index (χ1v) is 9.36. The van der Waals surface area contributed by atoms with Crippen LogP contribution in [0.25, 0.3) is 11.0 Å². The van der Waals surface area contributed by atoms with Crippen molar-refractivity contribution in [3.63, 3.8) is 0 Å². The molecule has 5 nitrogen and oxygen atoms in total. The standard InChI is InChI=1S/C20H18N4OS/c1-2-24-17-11-10-15(13-16(17)22-23-24)20(25)21-19(18-9-6-12-26-18)14-7-4-3-5-8-14/h3-13,19H,2H2,1H3,(H,21,25)/t19-/m1/s1. The average molecular weight is 362 g/mol. The molecule has 4 rings (SSSR count). The first-order valence-electron chi connectivity index (χ1n) is 8.48. The SMILES string of the molecule is CCn1nnc2cc(C(=O)N[C@H](c3ccccc3)c3cccs3)ccc21. The minimum atomic E-state index is -0.175. The molecule has 6 heteroatoms. The van der Waals surface area contributed by atoms with Crippen molar-refractivity contribution in [3.8, 4) is 0 Å². The van der Waals surface area contributed by atoms with Crippen molar-refractivity contribution in [2.24, 2.45) is 0 Å². The fourth-order valence-electron chi connectivity index (χ4n) is 2.98. The molecular weight excluding hydrogens is 344 g/mol. The summed E-state index contributed by atoms with van der Waals surface area (Å²) in [5, 5.41) is 13.4. The summed E-state index contributed by atoms with van der Waals surface area (Å²) in [6.45, 7) is 2.76. The maximum atomic E-state index is 12.9. The van der Waals surface area contributed by atoms with Gasteiger partial charge < -0.3 is 5.32 Å². The van der Waals surface area contributed by atoms with Crippen LogP contribution < -0.4 is 5.32 Å². The molecule has 1 amide bonds. The molecule has 2 aromatic heterocycles. The second kappa shape index (κ2) is 7.09. The summed E-state index contributed by atoms with van der Waals surface area (Å²) < 4.78 is 1.81. The van der Waals surface area contributed by atoms with Crippen molar-refractivity contribution in [1.29, 1.82) is 0 Å². The van der Waals surface area contributed by atoms with Crippen LogP contribution in [-0.4, -0.2) is 20.9 Å². The third-order valence-corrected chi connectivity index (χ3v) is 5.25. The number of amides is 1. The minimum Gasteiger partial charge on any atom is -0.340 e. The maximum absolute atomic E-state index is 12.9. The molecule has 2 heterocycles. The first kappa shape index (κ1) is 16.5. The quantitative estimate of drug-likeness (QED) is 0.583. The number of nitrogens with zero attached hydrogens (tertiary/aromatic N) is 3. The molecular formula is C20H18N4OS. The van der Waals surface area contributed by atoms with Crippen LogP contribution in [0.3, 0.4) is 0 Å². The van der Waals surface area contributed by atoms with E-state index in [0.29, 0.717) is 5.56 Å². The van der Waals surface area contributed by atoms with Gasteiger partial charge in [-0.05, 0) is 42.1 Å². The van der Waals surface area contributed by atoms with Gasteiger partial charge in [-0.25, -0.2) is 4.68 Å². The van der Waals surface area contributed by atoms with Crippen LogP contribution in [0.4, 0.5) is 0 Å². The fraction of sp³-hybridized carbons (Fsp3) is 0.150. The smallest absolute Gasteiger partial charge is 0.252 e. The Morgan fingerprint density at radius 1 is 1.15 bits per heavy atom. The van der Waals surface area contributed by atoms with E-state index in [-0.39, 0.29) is 11.9 Å². The monoisotopic (exact) mass is 362 g/mol. The number of aromatic nitrogens is 3. The van der Waals surface area contributed by atoms with Gasteiger partial charge in [-0.1, -0.05) is 41.6 Å². The van der Waals surface area contributed by atoms with Crippen LogP contribution in [0, 0.1) is 0 Å². The van der Waals surface area contributed by atoms with Crippen molar-refractivity contribution in [2.75, 3.05) is 0 Å². The molecule has 0 unspecified atom stereocenters. The molecule has 0 bridgehead atoms. The predicted molar refractivity (Wildman–Crippen MR) is 103 cm³/mol. The Labute approximate surface area is 155 Å². The highest BCUT2D eigenvalue weighted by Crippen LogP contribution is 2.26. The third kappa shape index (κ3) is 3.11. The molecule has 130 valence electrons. The van der Waals surface area contributed by atoms with Crippen molar-refractivity contribution in [2.45, 2.75) is 19.5 Å². The molecule has 0 saturated carbocycles. The normalized spacial score (nSPS) is 12.2. The van der Waals surface area contributed by atoms with Crippen LogP contribution in [0.15, 0.2) is 66.0 Å². The predicted octanol–water partition coefficient (Wildman–Crippen LogP) is 4.03. The lowest BCUT2D eigenvalue weighted by Crippen LogP contribution is -2.28. The van der Waals surface area contributed by atoms with Gasteiger partial charge >= 0.3 is 0 Å². The molecule has 0 aliphatic heterocycles. The van der Waals surface area contributed by atoms with E-state index in [4.69, 9.17) is 0 Å². The van der Waals surface area contributed by atoms with Gasteiger partial charge in [-0.2, -0.15) is 0 Å². The molecule has 0 radical (unpaired) electrons. The summed E-state index contributed by atoms with van der Waals surface area (Å²) in [6, 6.07) is 19.4. The highest BCUT2D eigenvalue weighted by molar-refractivity contribution is 7.10. The number of rotatable bonds is 5. The molecule has 0 aliphatic rings. The van der Waals surface area contributed by atoms with E-state index in [9.17, 15) is 4.79 Å². The Bertz CT molecular complexity index is 1020. The second-order valence-corrected chi connectivity index (χ2v) is 6.92. The average Bonchev–Trinajstić information content (AvgIpc) is 3.35. The molecule has 0 fully saturated rings. The molecule has 4 aromatic rings. The van der Waals surface area contributed by atoms with Crippen LogP contribution >= 0.6 is 11.3 Å². The zero-order valence-electron chi connectivity index (χ0n) is 14.3. The van der Waals surface area contributed by atoms with Crippen LogP contribution in [0.2, 0.25) is 0 Å². The van der Waals surface area contributed by atoms with Crippen molar-refractivity contribution in [1.82, 2.24) is 20.3 Å². The van der Waals surface area contributed by atoms with E-state index in [0.717, 1.165) is 28.0 Å². The number of hydrogen-bond donors (Lipinski definition) is 1. The van der Waals surface area contributed by atoms with Gasteiger partial charge in [0, 0.05) is 17.0 Å². The summed E-state index contributed by atoms with van der Waals surface area (Å²) >= 11 is 1.63. The van der Waals surface area contributed by atoms with Gasteiger partial charge in [0.15, 0.2) is 0 Å². The van der Waals surface area contributed by atoms with Crippen LogP contribution in [0.5, 0.6) is 0 Å². The Morgan fingerprint density at radius 2 is 2.00 bits per heavy atom. The molecule has 0 aliphatic carbocycles. The minimum absolute atomic E-state index is 0.125. The van der Waals surface area contributed by atoms with E-state index in [1.54, 1.807) is 17.4 Å². The topological polar surface area (TPSA) is 59.8 Å². The van der Waals surface area contributed by atoms with Gasteiger partial charge in [0.1, 0.15) is 5.52 Å². The third-order valence-electron chi connectivity index (χ3n) is 4.31. The van der Waals surface area contributed by atoms with Crippen LogP contribution in [-0.2, 0) is 6.54 Å². The zero-order chi connectivity index (χ0) is 17.9. The van der Waals surface area contributed by atoms with E-state index >= 15 is 0 Å². The summed E-state index contributed by atoms with van der Waals surface area (Å²) in [5.74, 6) is -0.125. The number of fused-ring (bicyclic) bond motifs is 1. The fourth-order valence-corrected chi connectivity index (χ4v) is 3.78. The Balaban J connectivity index is 1.64. The lowest BCUT2D eigenvalue weighted by Gasteiger charge is -2.18. The van der Waals surface area contributed by atoms with Crippen molar-refractivity contribution >= 4 is 28.3 Å². The summed E-state index contributed by atoms with van der Waals surface area (Å²) in [5.41, 5.74) is 3.30. The Kier molecular flexibility index (Phi) is 4.50. The lowest BCUT2D eigenvalue weighted by molar-refractivity contribution is 0.0943. The van der Waals surface area contributed by atoms with E-state index in [1.165, 1.54) is 0 Å². The lowest BCUT2D eigenvalue weighted by atomic mass is 10.0. The summed E-state index contributed by atoms with van der Waals surface area (Å²) in [7, 11) is 0. The highest BCUT2D eigenvalue weighted by Gasteiger charge is 2.19. The number of carbonyl (C=O) groups is 1. The van der Waals surface area contributed by atoms with E-state index < -0.39 is 0 Å². The van der Waals surface area contributed by atoms with Gasteiger partial charge in [0.05, 0.1) is 11.6 Å². The molecule has 0 spiro atoms. The summed E-state index contributed by atoms with van der Waals surface area (Å²) in [6.07, 6.45) is 0. The molecule has 0 saturated heterocycles. The molecule has 1 N–H and O–H groups in total. The number of nitrogens with one attached hydrogen (secondary N) is 1. The van der Waals surface area contributed by atoms with E-state index in [1.807, 2.05) is 71.6 Å².